The van der Waals surface area contributed by atoms with E-state index in [4.69, 9.17) is 10.5 Å². The zero-order valence-electron chi connectivity index (χ0n) is 6.05. The maximum atomic E-state index is 5.89. The summed E-state index contributed by atoms with van der Waals surface area (Å²) in [6, 6.07) is 0.211. The molecule has 1 saturated carbocycles. The van der Waals surface area contributed by atoms with Crippen LogP contribution in [0.2, 0.25) is 0 Å². The van der Waals surface area contributed by atoms with Crippen molar-refractivity contribution >= 4 is 0 Å². The van der Waals surface area contributed by atoms with Crippen molar-refractivity contribution in [2.24, 2.45) is 11.7 Å². The monoisotopic (exact) mass is 139 g/mol. The molecule has 2 nitrogen and oxygen atoms in total. The van der Waals surface area contributed by atoms with E-state index >= 15 is 0 Å². The Morgan fingerprint density at radius 1 is 1.60 bits per heavy atom. The lowest BCUT2D eigenvalue weighted by atomic mass is 10.1. The van der Waals surface area contributed by atoms with Crippen molar-refractivity contribution in [3.8, 4) is 0 Å². The number of hydrogen-bond donors (Lipinski definition) is 1. The highest BCUT2D eigenvalue weighted by molar-refractivity contribution is 5.10. The molecular formula is C8H13NO. The Labute approximate surface area is 61.0 Å². The van der Waals surface area contributed by atoms with Crippen LogP contribution in [-0.2, 0) is 4.74 Å². The van der Waals surface area contributed by atoms with E-state index in [1.165, 1.54) is 12.8 Å². The van der Waals surface area contributed by atoms with Gasteiger partial charge in [-0.2, -0.15) is 0 Å². The van der Waals surface area contributed by atoms with Gasteiger partial charge in [-0.3, -0.25) is 0 Å². The van der Waals surface area contributed by atoms with E-state index in [1.54, 1.807) is 0 Å². The van der Waals surface area contributed by atoms with Crippen molar-refractivity contribution < 1.29 is 4.74 Å². The van der Waals surface area contributed by atoms with Crippen LogP contribution in [-0.4, -0.2) is 12.6 Å². The Morgan fingerprint density at radius 2 is 2.40 bits per heavy atom. The SMILES string of the molecule is N[C@H](C1=CCCO1)C1CC1. The molecule has 0 saturated heterocycles. The zero-order chi connectivity index (χ0) is 6.97. The predicted octanol–water partition coefficient (Wildman–Crippen LogP) is 1.03. The van der Waals surface area contributed by atoms with Crippen molar-refractivity contribution in [3.05, 3.63) is 11.8 Å². The van der Waals surface area contributed by atoms with Gasteiger partial charge in [0.15, 0.2) is 0 Å². The predicted molar refractivity (Wildman–Crippen MR) is 39.4 cm³/mol. The number of nitrogens with two attached hydrogens (primary N) is 1. The first-order valence-corrected chi connectivity index (χ1v) is 3.96. The lowest BCUT2D eigenvalue weighted by molar-refractivity contribution is 0.219. The van der Waals surface area contributed by atoms with Crippen LogP contribution in [0, 0.1) is 5.92 Å². The van der Waals surface area contributed by atoms with Crippen molar-refractivity contribution in [2.75, 3.05) is 6.61 Å². The molecule has 0 aromatic rings. The first-order chi connectivity index (χ1) is 4.88. The largest absolute Gasteiger partial charge is 0.496 e. The topological polar surface area (TPSA) is 35.2 Å². The quantitative estimate of drug-likeness (QED) is 0.620. The normalized spacial score (nSPS) is 27.5. The summed E-state index contributed by atoms with van der Waals surface area (Å²) in [6.45, 7) is 0.843. The van der Waals surface area contributed by atoms with Gasteiger partial charge in [0, 0.05) is 6.42 Å². The molecule has 10 heavy (non-hydrogen) atoms. The molecule has 2 rings (SSSR count). The minimum absolute atomic E-state index is 0.211. The van der Waals surface area contributed by atoms with Crippen LogP contribution in [0.25, 0.3) is 0 Å². The molecule has 2 aliphatic rings. The van der Waals surface area contributed by atoms with Gasteiger partial charge in [0.25, 0.3) is 0 Å². The summed E-state index contributed by atoms with van der Waals surface area (Å²) in [7, 11) is 0. The second kappa shape index (κ2) is 2.27. The fourth-order valence-corrected chi connectivity index (χ4v) is 1.36. The van der Waals surface area contributed by atoms with Gasteiger partial charge in [0.05, 0.1) is 12.6 Å². The smallest absolute Gasteiger partial charge is 0.109 e. The maximum absolute atomic E-state index is 5.89. The van der Waals surface area contributed by atoms with Crippen LogP contribution in [0.1, 0.15) is 19.3 Å². The van der Waals surface area contributed by atoms with Crippen LogP contribution in [0.5, 0.6) is 0 Å². The average molecular weight is 139 g/mol. The highest BCUT2D eigenvalue weighted by atomic mass is 16.5. The van der Waals surface area contributed by atoms with Crippen LogP contribution < -0.4 is 5.73 Å². The number of ether oxygens (including phenoxy) is 1. The van der Waals surface area contributed by atoms with Crippen LogP contribution in [0.15, 0.2) is 11.8 Å². The number of rotatable bonds is 2. The van der Waals surface area contributed by atoms with E-state index in [9.17, 15) is 0 Å². The average Bonchev–Trinajstić information content (AvgIpc) is 2.65. The molecule has 2 heteroatoms. The van der Waals surface area contributed by atoms with E-state index in [2.05, 4.69) is 6.08 Å². The first kappa shape index (κ1) is 6.23. The minimum Gasteiger partial charge on any atom is -0.496 e. The molecule has 0 spiro atoms. The summed E-state index contributed by atoms with van der Waals surface area (Å²) < 4.78 is 5.35. The molecule has 1 aliphatic carbocycles. The summed E-state index contributed by atoms with van der Waals surface area (Å²) >= 11 is 0. The van der Waals surface area contributed by atoms with E-state index < -0.39 is 0 Å². The zero-order valence-corrected chi connectivity index (χ0v) is 6.05. The Kier molecular flexibility index (Phi) is 1.42. The Bertz CT molecular complexity index is 161. The summed E-state index contributed by atoms with van der Waals surface area (Å²) in [6.07, 6.45) is 5.77. The third-order valence-electron chi connectivity index (χ3n) is 2.19. The third-order valence-corrected chi connectivity index (χ3v) is 2.19. The second-order valence-electron chi connectivity index (χ2n) is 3.11. The molecule has 0 radical (unpaired) electrons. The van der Waals surface area contributed by atoms with Gasteiger partial charge in [-0.05, 0) is 24.8 Å². The van der Waals surface area contributed by atoms with E-state index in [0.29, 0.717) is 0 Å². The molecule has 0 aromatic carbocycles. The van der Waals surface area contributed by atoms with Crippen molar-refractivity contribution in [1.29, 1.82) is 0 Å². The van der Waals surface area contributed by atoms with Crippen LogP contribution >= 0.6 is 0 Å². The van der Waals surface area contributed by atoms with Gasteiger partial charge in [-0.15, -0.1) is 0 Å². The highest BCUT2D eigenvalue weighted by Crippen LogP contribution is 2.35. The second-order valence-corrected chi connectivity index (χ2v) is 3.11. The molecule has 0 bridgehead atoms. The van der Waals surface area contributed by atoms with Crippen molar-refractivity contribution in [3.63, 3.8) is 0 Å². The maximum Gasteiger partial charge on any atom is 0.109 e. The summed E-state index contributed by atoms with van der Waals surface area (Å²) in [5, 5.41) is 0. The van der Waals surface area contributed by atoms with Gasteiger partial charge < -0.3 is 10.5 Å². The van der Waals surface area contributed by atoms with Gasteiger partial charge in [-0.25, -0.2) is 0 Å². The summed E-state index contributed by atoms with van der Waals surface area (Å²) in [5.41, 5.74) is 5.89. The highest BCUT2D eigenvalue weighted by Gasteiger charge is 2.32. The van der Waals surface area contributed by atoms with Crippen LogP contribution in [0.4, 0.5) is 0 Å². The van der Waals surface area contributed by atoms with Crippen molar-refractivity contribution in [2.45, 2.75) is 25.3 Å². The first-order valence-electron chi connectivity index (χ1n) is 3.96. The lowest BCUT2D eigenvalue weighted by Gasteiger charge is -2.10. The van der Waals surface area contributed by atoms with E-state index in [-0.39, 0.29) is 6.04 Å². The van der Waals surface area contributed by atoms with E-state index in [0.717, 1.165) is 24.7 Å². The minimum atomic E-state index is 0.211. The van der Waals surface area contributed by atoms with Gasteiger partial charge >= 0.3 is 0 Å². The molecule has 56 valence electrons. The molecule has 2 N–H and O–H groups in total. The third kappa shape index (κ3) is 1.03. The molecule has 0 aromatic heterocycles. The molecule has 1 atom stereocenters. The summed E-state index contributed by atoms with van der Waals surface area (Å²) in [5.74, 6) is 1.77. The molecule has 1 heterocycles. The van der Waals surface area contributed by atoms with Crippen LogP contribution in [0.3, 0.4) is 0 Å². The fraction of sp³-hybridized carbons (Fsp3) is 0.750. The molecule has 0 amide bonds. The Morgan fingerprint density at radius 3 is 2.90 bits per heavy atom. The fourth-order valence-electron chi connectivity index (χ4n) is 1.36. The Hall–Kier alpha value is -0.500. The molecule has 1 fully saturated rings. The van der Waals surface area contributed by atoms with Gasteiger partial charge in [-0.1, -0.05) is 0 Å². The van der Waals surface area contributed by atoms with Gasteiger partial charge in [0.1, 0.15) is 5.76 Å². The number of hydrogen-bond acceptors (Lipinski definition) is 2. The molecule has 0 unspecified atom stereocenters. The standard InChI is InChI=1S/C8H13NO/c9-8(6-3-4-6)7-2-1-5-10-7/h2,6,8H,1,3-5,9H2/t8-/m0/s1. The Balaban J connectivity index is 1.95. The molecule has 1 aliphatic heterocycles. The molecular weight excluding hydrogens is 126 g/mol. The van der Waals surface area contributed by atoms with E-state index in [1.807, 2.05) is 0 Å². The summed E-state index contributed by atoms with van der Waals surface area (Å²) in [4.78, 5) is 0. The lowest BCUT2D eigenvalue weighted by Crippen LogP contribution is -2.25. The van der Waals surface area contributed by atoms with Crippen molar-refractivity contribution in [1.82, 2.24) is 0 Å². The van der Waals surface area contributed by atoms with Gasteiger partial charge in [0.2, 0.25) is 0 Å².